The van der Waals surface area contributed by atoms with Crippen LogP contribution in [0, 0.1) is 0 Å². The number of hydrogen-bond donors (Lipinski definition) is 0. The SMILES string of the molecule is CC1(C)c2ccc3ccccc3c2-c2nc(-c3cccc(-c4cccc(-c5ccc(-c6ccccc6)cc5)c4)c3)nc(-c3cccc4ccccc34)c21. The summed E-state index contributed by atoms with van der Waals surface area (Å²) in [6.45, 7) is 4.65. The summed E-state index contributed by atoms with van der Waals surface area (Å²) in [7, 11) is 0. The summed E-state index contributed by atoms with van der Waals surface area (Å²) in [6.07, 6.45) is 0. The maximum absolute atomic E-state index is 5.52. The Labute approximate surface area is 310 Å². The van der Waals surface area contributed by atoms with Gasteiger partial charge in [0, 0.05) is 27.7 Å². The molecule has 0 amide bonds. The van der Waals surface area contributed by atoms with E-state index in [0.29, 0.717) is 0 Å². The van der Waals surface area contributed by atoms with Crippen molar-refractivity contribution in [3.63, 3.8) is 0 Å². The molecular weight excluding hydrogens is 641 g/mol. The van der Waals surface area contributed by atoms with E-state index in [2.05, 4.69) is 196 Å². The molecule has 0 unspecified atom stereocenters. The number of fused-ring (bicyclic) bond motifs is 6. The zero-order valence-electron chi connectivity index (χ0n) is 29.7. The highest BCUT2D eigenvalue weighted by molar-refractivity contribution is 6.05. The molecule has 2 nitrogen and oxygen atoms in total. The fourth-order valence-electron chi connectivity index (χ4n) is 8.37. The third kappa shape index (κ3) is 5.18. The number of rotatable bonds is 5. The molecule has 0 bridgehead atoms. The highest BCUT2D eigenvalue weighted by Gasteiger charge is 2.41. The van der Waals surface area contributed by atoms with Crippen LogP contribution in [0.3, 0.4) is 0 Å². The Hall–Kier alpha value is -6.64. The maximum Gasteiger partial charge on any atom is 0.160 e. The molecule has 1 aromatic heterocycles. The Morgan fingerprint density at radius 2 is 0.868 bits per heavy atom. The molecule has 0 N–H and O–H groups in total. The molecule has 0 fully saturated rings. The molecule has 0 radical (unpaired) electrons. The van der Waals surface area contributed by atoms with Gasteiger partial charge in [-0.15, -0.1) is 0 Å². The smallest absolute Gasteiger partial charge is 0.160 e. The zero-order valence-corrected chi connectivity index (χ0v) is 29.7. The molecule has 0 spiro atoms. The van der Waals surface area contributed by atoms with Crippen LogP contribution in [0.15, 0.2) is 182 Å². The first kappa shape index (κ1) is 31.1. The van der Waals surface area contributed by atoms with E-state index in [1.807, 2.05) is 0 Å². The molecule has 53 heavy (non-hydrogen) atoms. The first-order chi connectivity index (χ1) is 26.0. The second-order valence-corrected chi connectivity index (χ2v) is 14.6. The second kappa shape index (κ2) is 12.3. The monoisotopic (exact) mass is 676 g/mol. The van der Waals surface area contributed by atoms with Crippen LogP contribution in [0.1, 0.15) is 25.0 Å². The van der Waals surface area contributed by atoms with Crippen molar-refractivity contribution in [2.24, 2.45) is 0 Å². The predicted octanol–water partition coefficient (Wildman–Crippen LogP) is 13.4. The average molecular weight is 677 g/mol. The van der Waals surface area contributed by atoms with Crippen molar-refractivity contribution in [1.82, 2.24) is 9.97 Å². The highest BCUT2D eigenvalue weighted by Crippen LogP contribution is 2.54. The lowest BCUT2D eigenvalue weighted by atomic mass is 9.80. The van der Waals surface area contributed by atoms with Crippen LogP contribution in [-0.2, 0) is 5.41 Å². The van der Waals surface area contributed by atoms with Crippen molar-refractivity contribution in [2.75, 3.05) is 0 Å². The molecule has 9 aromatic rings. The first-order valence-electron chi connectivity index (χ1n) is 18.3. The van der Waals surface area contributed by atoms with E-state index in [0.717, 1.165) is 39.5 Å². The second-order valence-electron chi connectivity index (χ2n) is 14.6. The number of aromatic nitrogens is 2. The minimum Gasteiger partial charge on any atom is -0.228 e. The van der Waals surface area contributed by atoms with Gasteiger partial charge in [-0.05, 0) is 72.6 Å². The lowest BCUT2D eigenvalue weighted by molar-refractivity contribution is 0.658. The minimum atomic E-state index is -0.291. The van der Waals surface area contributed by atoms with Crippen molar-refractivity contribution in [3.8, 4) is 67.3 Å². The topological polar surface area (TPSA) is 25.8 Å². The van der Waals surface area contributed by atoms with Gasteiger partial charge in [0.2, 0.25) is 0 Å². The van der Waals surface area contributed by atoms with E-state index in [-0.39, 0.29) is 5.41 Å². The van der Waals surface area contributed by atoms with Crippen LogP contribution < -0.4 is 0 Å². The van der Waals surface area contributed by atoms with Crippen molar-refractivity contribution < 1.29 is 0 Å². The average Bonchev–Trinajstić information content (AvgIpc) is 3.47. The fourth-order valence-corrected chi connectivity index (χ4v) is 8.37. The van der Waals surface area contributed by atoms with E-state index in [9.17, 15) is 0 Å². The quantitative estimate of drug-likeness (QED) is 0.181. The van der Waals surface area contributed by atoms with Gasteiger partial charge in [-0.25, -0.2) is 9.97 Å². The van der Waals surface area contributed by atoms with Crippen LogP contribution in [0.25, 0.3) is 88.8 Å². The van der Waals surface area contributed by atoms with Gasteiger partial charge in [0.15, 0.2) is 5.82 Å². The van der Waals surface area contributed by atoms with E-state index in [1.165, 1.54) is 60.5 Å². The molecule has 0 saturated heterocycles. The van der Waals surface area contributed by atoms with Gasteiger partial charge in [-0.3, -0.25) is 0 Å². The molecule has 1 heterocycles. The first-order valence-corrected chi connectivity index (χ1v) is 18.3. The van der Waals surface area contributed by atoms with E-state index in [4.69, 9.17) is 9.97 Å². The summed E-state index contributed by atoms with van der Waals surface area (Å²) in [5.74, 6) is 0.734. The normalized spacial score (nSPS) is 12.9. The van der Waals surface area contributed by atoms with Gasteiger partial charge in [-0.1, -0.05) is 184 Å². The Kier molecular flexibility index (Phi) is 7.19. The molecule has 0 aliphatic heterocycles. The molecule has 2 heteroatoms. The third-order valence-electron chi connectivity index (χ3n) is 11.1. The summed E-state index contributed by atoms with van der Waals surface area (Å²) in [4.78, 5) is 11.0. The Morgan fingerprint density at radius 1 is 0.377 bits per heavy atom. The molecule has 10 rings (SSSR count). The van der Waals surface area contributed by atoms with E-state index >= 15 is 0 Å². The van der Waals surface area contributed by atoms with Crippen molar-refractivity contribution in [2.45, 2.75) is 19.3 Å². The van der Waals surface area contributed by atoms with Crippen molar-refractivity contribution in [3.05, 3.63) is 193 Å². The molecule has 1 aliphatic carbocycles. The standard InChI is InChI=1S/C51H36N2/c1-51(2)45-30-29-37-16-7-9-23-43(37)46(45)49-47(51)48(44-24-12-17-36-15-6-8-22-42(36)44)52-50(53-49)41-21-11-20-40(32-41)39-19-10-18-38(31-39)35-27-25-34(26-28-35)33-13-4-3-5-14-33/h3-32H,1-2H3. The predicted molar refractivity (Wildman–Crippen MR) is 222 cm³/mol. The molecule has 1 aliphatic rings. The highest BCUT2D eigenvalue weighted by atomic mass is 14.9. The van der Waals surface area contributed by atoms with Crippen molar-refractivity contribution >= 4 is 21.5 Å². The zero-order chi connectivity index (χ0) is 35.5. The van der Waals surface area contributed by atoms with Gasteiger partial charge >= 0.3 is 0 Å². The van der Waals surface area contributed by atoms with Gasteiger partial charge in [-0.2, -0.15) is 0 Å². The van der Waals surface area contributed by atoms with Crippen LogP contribution in [0.5, 0.6) is 0 Å². The Morgan fingerprint density at radius 3 is 1.60 bits per heavy atom. The molecule has 0 atom stereocenters. The number of benzene rings is 8. The van der Waals surface area contributed by atoms with Gasteiger partial charge < -0.3 is 0 Å². The Balaban J connectivity index is 1.13. The number of hydrogen-bond acceptors (Lipinski definition) is 2. The van der Waals surface area contributed by atoms with Crippen LogP contribution in [0.2, 0.25) is 0 Å². The van der Waals surface area contributed by atoms with E-state index < -0.39 is 0 Å². The molecule has 250 valence electrons. The third-order valence-corrected chi connectivity index (χ3v) is 11.1. The minimum absolute atomic E-state index is 0.291. The summed E-state index contributed by atoms with van der Waals surface area (Å²) in [5.41, 5.74) is 14.7. The maximum atomic E-state index is 5.52. The summed E-state index contributed by atoms with van der Waals surface area (Å²) >= 11 is 0. The summed E-state index contributed by atoms with van der Waals surface area (Å²) in [5, 5.41) is 4.85. The lowest BCUT2D eigenvalue weighted by Gasteiger charge is -2.24. The molecule has 0 saturated carbocycles. The Bertz CT molecular complexity index is 2840. The lowest BCUT2D eigenvalue weighted by Crippen LogP contribution is -2.17. The summed E-state index contributed by atoms with van der Waals surface area (Å²) in [6, 6.07) is 65.3. The summed E-state index contributed by atoms with van der Waals surface area (Å²) < 4.78 is 0. The van der Waals surface area contributed by atoms with Crippen LogP contribution in [-0.4, -0.2) is 9.97 Å². The largest absolute Gasteiger partial charge is 0.228 e. The molecular formula is C51H36N2. The van der Waals surface area contributed by atoms with Gasteiger partial charge in [0.05, 0.1) is 11.4 Å². The van der Waals surface area contributed by atoms with Crippen LogP contribution in [0.4, 0.5) is 0 Å². The number of nitrogens with zero attached hydrogens (tertiary/aromatic N) is 2. The van der Waals surface area contributed by atoms with Gasteiger partial charge in [0.1, 0.15) is 0 Å². The van der Waals surface area contributed by atoms with Crippen LogP contribution >= 0.6 is 0 Å². The van der Waals surface area contributed by atoms with Crippen molar-refractivity contribution in [1.29, 1.82) is 0 Å². The van der Waals surface area contributed by atoms with E-state index in [1.54, 1.807) is 0 Å². The molecule has 8 aromatic carbocycles. The fraction of sp³-hybridized carbons (Fsp3) is 0.0588. The van der Waals surface area contributed by atoms with Gasteiger partial charge in [0.25, 0.3) is 0 Å².